The first-order valence-electron chi connectivity index (χ1n) is 49.2. The third-order valence-electron chi connectivity index (χ3n) is 30.1. The number of unbranched alkanes of at least 4 members (excludes halogenated alkanes) is 24. The summed E-state index contributed by atoms with van der Waals surface area (Å²) in [5.74, 6) is 0. The highest BCUT2D eigenvalue weighted by Crippen LogP contribution is 2.53. The van der Waals surface area contributed by atoms with Crippen LogP contribution in [0.15, 0.2) is 130 Å². The lowest BCUT2D eigenvalue weighted by atomic mass is 9.81. The average Bonchev–Trinajstić information content (AvgIpc) is 1.65. The van der Waals surface area contributed by atoms with Crippen LogP contribution in [0.5, 0.6) is 0 Å². The monoisotopic (exact) mass is 1710 g/mol. The van der Waals surface area contributed by atoms with Gasteiger partial charge < -0.3 is 0 Å². The minimum absolute atomic E-state index is 0.125. The first kappa shape index (κ1) is 86.8. The van der Waals surface area contributed by atoms with Gasteiger partial charge >= 0.3 is 0 Å². The molecule has 0 spiro atoms. The smallest absolute Gasteiger partial charge is 0.263 e. The molecule has 127 heavy (non-hydrogen) atoms. The zero-order chi connectivity index (χ0) is 88.7. The van der Waals surface area contributed by atoms with Crippen LogP contribution in [-0.2, 0) is 6.67 Å². The molecule has 660 valence electrons. The molecule has 0 atom stereocenters. The van der Waals surface area contributed by atoms with Gasteiger partial charge in [0.1, 0.15) is 6.67 Å². The number of aromatic nitrogens is 6. The molecule has 6 aromatic heterocycles. The lowest BCUT2D eigenvalue weighted by Gasteiger charge is -2.24. The van der Waals surface area contributed by atoms with Gasteiger partial charge in [0.25, 0.3) is 66.7 Å². The Morgan fingerprint density at radius 2 is 0.323 bits per heavy atom. The van der Waals surface area contributed by atoms with Crippen LogP contribution in [0, 0.1) is 0 Å². The molecule has 0 aliphatic heterocycles. The van der Waals surface area contributed by atoms with Gasteiger partial charge in [-0.2, -0.15) is 0 Å². The van der Waals surface area contributed by atoms with Crippen LogP contribution in [0.3, 0.4) is 0 Å². The van der Waals surface area contributed by atoms with Crippen LogP contribution >= 0.6 is 0 Å². The van der Waals surface area contributed by atoms with Crippen molar-refractivity contribution in [1.82, 2.24) is 27.4 Å². The molecule has 18 nitrogen and oxygen atoms in total. The van der Waals surface area contributed by atoms with E-state index in [0.717, 1.165) is 215 Å². The molecule has 18 heteroatoms. The summed E-state index contributed by atoms with van der Waals surface area (Å²) in [5.41, 5.74) is -7.35. The summed E-state index contributed by atoms with van der Waals surface area (Å²) in [6, 6.07) is 19.5. The molecule has 0 aliphatic rings. The quantitative estimate of drug-likeness (QED) is 0.0197. The zero-order valence-corrected chi connectivity index (χ0v) is 75.8. The van der Waals surface area contributed by atoms with Gasteiger partial charge in [0, 0.05) is 88.8 Å². The van der Waals surface area contributed by atoms with Crippen molar-refractivity contribution in [3.05, 3.63) is 197 Å². The molecular weight excluding hydrogens is 1590 g/mol. The van der Waals surface area contributed by atoms with E-state index in [1.807, 2.05) is 24.3 Å². The predicted molar refractivity (Wildman–Crippen MR) is 530 cm³/mol. The largest absolute Gasteiger partial charge is 0.271 e. The second-order valence-corrected chi connectivity index (χ2v) is 38.1. The fraction of sp³-hybridized carbons (Fsp3) is 0.486. The Hall–Kier alpha value is -10.9. The lowest BCUT2D eigenvalue weighted by molar-refractivity contribution is 0.384. The highest BCUT2D eigenvalue weighted by molar-refractivity contribution is 6.51. The maximum Gasteiger partial charge on any atom is 0.263 e. The molecule has 0 saturated heterocycles. The summed E-state index contributed by atoms with van der Waals surface area (Å²) >= 11 is 0. The highest BCUT2D eigenvalue weighted by atomic mass is 16.2. The maximum absolute atomic E-state index is 16.9. The number of hydrogen-bond acceptors (Lipinski definition) is 12. The standard InChI is InChI=1S/C109H122N6O12/c1-9-17-25-33-41-62(42-34-26-18-10-2)112-98(116)70-53-49-66-67-50-54-71-83-79(103(121)113(99(71)117)63(43-35-27-19-11-3)44-36-28-20-12-4)58-75-91(87(67)83)90-74(57-78(102(112)120)82(70)86(66)90)94-95(75)107(125)110(106(94)124)61-111-108(126)96-76-59-80-84-72(100(118)114(104(80)122)64(45-37-29-21-13-5)46-38-30-22-14-6)55-51-68-69-52-56-73-85-81(60-77(97(96)109(111)127)93(89(69)85)92(76)88(68)84)105(123)115(101(73)119)65(47-39-31-23-15-7)48-40-32-24-16-8/h49-60,62-65H,9-48,61H2,1-8H3. The van der Waals surface area contributed by atoms with E-state index in [2.05, 4.69) is 55.4 Å². The van der Waals surface area contributed by atoms with Crippen molar-refractivity contribution in [2.45, 2.75) is 343 Å². The second-order valence-electron chi connectivity index (χ2n) is 38.1. The number of hydrogen-bond donors (Lipinski definition) is 0. The molecule has 6 heterocycles. The van der Waals surface area contributed by atoms with Gasteiger partial charge in [-0.15, -0.1) is 0 Å². The van der Waals surface area contributed by atoms with Gasteiger partial charge in [-0.25, -0.2) is 0 Å². The van der Waals surface area contributed by atoms with E-state index in [4.69, 9.17) is 0 Å². The lowest BCUT2D eigenvalue weighted by Crippen LogP contribution is -2.37. The molecule has 0 fully saturated rings. The number of nitrogens with zero attached hydrogens (tertiary/aromatic N) is 6. The molecule has 0 N–H and O–H groups in total. The predicted octanol–water partition coefficient (Wildman–Crippen LogP) is 24.1. The minimum Gasteiger partial charge on any atom is -0.271 e. The van der Waals surface area contributed by atoms with E-state index >= 15 is 57.5 Å². The Kier molecular flexibility index (Phi) is 24.6. The van der Waals surface area contributed by atoms with E-state index in [1.54, 1.807) is 48.5 Å². The summed E-state index contributed by atoms with van der Waals surface area (Å²) in [6.45, 7) is 16.2. The highest BCUT2D eigenvalue weighted by Gasteiger charge is 2.36. The Bertz CT molecular complexity index is 7000. The topological polar surface area (TPSA) is 234 Å². The molecule has 0 radical (unpaired) electrons. The van der Waals surface area contributed by atoms with Crippen molar-refractivity contribution in [2.75, 3.05) is 0 Å². The van der Waals surface area contributed by atoms with E-state index < -0.39 is 97.5 Å². The van der Waals surface area contributed by atoms with Crippen molar-refractivity contribution >= 4 is 172 Å². The number of benzene rings is 12. The first-order valence-corrected chi connectivity index (χ1v) is 49.2. The second kappa shape index (κ2) is 36.0. The summed E-state index contributed by atoms with van der Waals surface area (Å²) in [5, 5.41) is 10.1. The first-order chi connectivity index (χ1) is 61.9. The van der Waals surface area contributed by atoms with E-state index in [1.165, 1.54) is 18.3 Å². The van der Waals surface area contributed by atoms with E-state index in [0.29, 0.717) is 159 Å². The van der Waals surface area contributed by atoms with Crippen LogP contribution in [-0.4, -0.2) is 27.4 Å². The zero-order valence-electron chi connectivity index (χ0n) is 75.8. The van der Waals surface area contributed by atoms with Crippen molar-refractivity contribution < 1.29 is 0 Å². The summed E-state index contributed by atoms with van der Waals surface area (Å²) < 4.78 is 7.59. The van der Waals surface area contributed by atoms with E-state index in [9.17, 15) is 0 Å². The third kappa shape index (κ3) is 13.9. The Morgan fingerprint density at radius 1 is 0.165 bits per heavy atom. The molecule has 18 aromatic rings. The van der Waals surface area contributed by atoms with Crippen LogP contribution in [0.4, 0.5) is 0 Å². The molecule has 0 amide bonds. The third-order valence-corrected chi connectivity index (χ3v) is 30.1. The normalized spacial score (nSPS) is 12.9. The minimum atomic E-state index is -0.947. The number of fused-ring (bicyclic) bond motifs is 8. The van der Waals surface area contributed by atoms with Gasteiger partial charge in [0.15, 0.2) is 0 Å². The van der Waals surface area contributed by atoms with Gasteiger partial charge in [0.05, 0.1) is 21.5 Å². The molecule has 18 rings (SSSR count). The molecule has 12 aromatic carbocycles. The molecular formula is C109H122N6O12. The fourth-order valence-electron chi connectivity index (χ4n) is 23.7. The van der Waals surface area contributed by atoms with Crippen molar-refractivity contribution in [3.63, 3.8) is 0 Å². The van der Waals surface area contributed by atoms with Crippen LogP contribution in [0.1, 0.15) is 336 Å². The Morgan fingerprint density at radius 3 is 0.496 bits per heavy atom. The molecule has 0 bridgehead atoms. The molecule has 0 unspecified atom stereocenters. The van der Waals surface area contributed by atoms with Crippen LogP contribution in [0.2, 0.25) is 0 Å². The van der Waals surface area contributed by atoms with Gasteiger partial charge in [-0.05, 0) is 186 Å². The Labute approximate surface area is 735 Å². The van der Waals surface area contributed by atoms with E-state index in [-0.39, 0.29) is 64.6 Å². The molecule has 0 saturated carbocycles. The SMILES string of the molecule is CCCCCCC(CCCCCC)n1c(=O)c2ccc3c4ccc5c(=O)n(C(CCCCCC)CCCCCC)c(=O)c6cc7c8c(=O)n(Cn9c(=O)c%10c%11cc%12c(=O)n(C(CCCCCC)CCCCCC)c(=O)c%13ccc%14c%15ccc%16c(=O)n(C(CCCCCC)CCCCCC)c(=O)c%17cc(c%10c9=O)c(c%15c%16%17)c%11c%14c%13%12)c(=O)c8c8cc(c1=O)c2c3c8c7c4c56. The van der Waals surface area contributed by atoms with Gasteiger partial charge in [0.2, 0.25) is 0 Å². The number of rotatable bonds is 46. The molecule has 0 aliphatic carbocycles. The van der Waals surface area contributed by atoms with Crippen molar-refractivity contribution in [2.24, 2.45) is 0 Å². The van der Waals surface area contributed by atoms with Crippen LogP contribution in [0.25, 0.3) is 172 Å². The van der Waals surface area contributed by atoms with Crippen molar-refractivity contribution in [1.29, 1.82) is 0 Å². The van der Waals surface area contributed by atoms with Crippen LogP contribution < -0.4 is 66.7 Å². The van der Waals surface area contributed by atoms with Gasteiger partial charge in [-0.1, -0.05) is 285 Å². The van der Waals surface area contributed by atoms with Gasteiger partial charge in [-0.3, -0.25) is 84.9 Å². The summed E-state index contributed by atoms with van der Waals surface area (Å²) in [6.07, 6.45) is 34.4. The fourth-order valence-corrected chi connectivity index (χ4v) is 23.7. The number of pyridine rings is 4. The Balaban J connectivity index is 0.950. The summed E-state index contributed by atoms with van der Waals surface area (Å²) in [7, 11) is 0. The van der Waals surface area contributed by atoms with Crippen molar-refractivity contribution in [3.8, 4) is 0 Å². The maximum atomic E-state index is 16.9. The average molecular weight is 1710 g/mol. The summed E-state index contributed by atoms with van der Waals surface area (Å²) in [4.78, 5) is 196.